The van der Waals surface area contributed by atoms with Gasteiger partial charge in [-0.3, -0.25) is 0 Å². The van der Waals surface area contributed by atoms with Gasteiger partial charge in [-0.15, -0.1) is 0 Å². The minimum Gasteiger partial charge on any atom is -0.456 e. The van der Waals surface area contributed by atoms with Crippen molar-refractivity contribution in [2.24, 2.45) is 0 Å². The number of benzene rings is 2. The van der Waals surface area contributed by atoms with E-state index in [0.717, 1.165) is 36.0 Å². The highest BCUT2D eigenvalue weighted by Gasteiger charge is 2.11. The second-order valence-electron chi connectivity index (χ2n) is 3.47. The summed E-state index contributed by atoms with van der Waals surface area (Å²) in [6.07, 6.45) is 0. The molecule has 0 N–H and O–H groups in total. The zero-order valence-electron chi connectivity index (χ0n) is 8.53. The summed E-state index contributed by atoms with van der Waals surface area (Å²) in [5.41, 5.74) is 0. The van der Waals surface area contributed by atoms with Crippen LogP contribution in [0.2, 0.25) is 0 Å². The number of hydrogen-bond acceptors (Lipinski definition) is 1. The van der Waals surface area contributed by atoms with E-state index in [4.69, 9.17) is 4.74 Å². The fraction of sp³-hybridized carbons (Fsp3) is 0. The molecule has 1 aliphatic rings. The maximum absolute atomic E-state index is 6.00. The van der Waals surface area contributed by atoms with Crippen LogP contribution in [0.3, 0.4) is 0 Å². The number of hydrogen-bond donors (Lipinski definition) is 0. The number of rotatable bonds is 0. The highest BCUT2D eigenvalue weighted by Crippen LogP contribution is 2.54. The molecule has 0 aliphatic carbocycles. The summed E-state index contributed by atoms with van der Waals surface area (Å²) in [6, 6.07) is 16.8. The van der Waals surface area contributed by atoms with E-state index in [0.29, 0.717) is 0 Å². The lowest BCUT2D eigenvalue weighted by Gasteiger charge is -2.17. The molecular formula is C12H11OP3. The maximum Gasteiger partial charge on any atom is 0.135 e. The summed E-state index contributed by atoms with van der Waals surface area (Å²) in [5, 5.41) is 2.73. The third-order valence-electron chi connectivity index (χ3n) is 2.39. The van der Waals surface area contributed by atoms with Gasteiger partial charge in [0.2, 0.25) is 0 Å². The Bertz CT molecular complexity index is 468. The summed E-state index contributed by atoms with van der Waals surface area (Å²) >= 11 is 0. The average Bonchev–Trinajstić information content (AvgIpc) is 2.29. The van der Waals surface area contributed by atoms with Crippen molar-refractivity contribution in [1.82, 2.24) is 0 Å². The first-order chi connectivity index (χ1) is 7.93. The van der Waals surface area contributed by atoms with Crippen molar-refractivity contribution in [2.45, 2.75) is 0 Å². The van der Waals surface area contributed by atoms with Crippen LogP contribution in [0.15, 0.2) is 48.5 Å². The summed E-state index contributed by atoms with van der Waals surface area (Å²) in [7, 11) is 2.78. The molecule has 1 aliphatic heterocycles. The SMILES string of the molecule is c1ccc2c(c1)Oc1ccccc1PPP2. The van der Waals surface area contributed by atoms with E-state index in [9.17, 15) is 0 Å². The van der Waals surface area contributed by atoms with Crippen LogP contribution in [-0.2, 0) is 0 Å². The minimum atomic E-state index is 0.889. The quantitative estimate of drug-likeness (QED) is 0.660. The molecule has 0 fully saturated rings. The standard InChI is InChI=1S/C12H11OP3/c1-3-7-11-9(5-1)13-10-6-2-4-8-12(10)15-16-14-11/h1-8,14-16H. The van der Waals surface area contributed by atoms with Gasteiger partial charge in [-0.25, -0.2) is 0 Å². The molecule has 0 saturated heterocycles. The summed E-state index contributed by atoms with van der Waals surface area (Å²) in [4.78, 5) is 0. The van der Waals surface area contributed by atoms with E-state index in [1.807, 2.05) is 12.1 Å². The second-order valence-corrected chi connectivity index (χ2v) is 9.80. The summed E-state index contributed by atoms with van der Waals surface area (Å²) in [5.74, 6) is 2.07. The Hall–Kier alpha value is -0.470. The smallest absolute Gasteiger partial charge is 0.135 e. The normalized spacial score (nSPS) is 18.5. The first kappa shape index (κ1) is 10.7. The molecule has 1 nitrogen and oxygen atoms in total. The topological polar surface area (TPSA) is 9.23 Å². The van der Waals surface area contributed by atoms with Gasteiger partial charge in [-0.05, 0) is 12.1 Å². The van der Waals surface area contributed by atoms with Crippen molar-refractivity contribution in [1.29, 1.82) is 0 Å². The van der Waals surface area contributed by atoms with Crippen molar-refractivity contribution in [3.05, 3.63) is 48.5 Å². The largest absolute Gasteiger partial charge is 0.456 e. The lowest BCUT2D eigenvalue weighted by molar-refractivity contribution is 0.491. The molecule has 2 atom stereocenters. The van der Waals surface area contributed by atoms with E-state index in [-0.39, 0.29) is 0 Å². The summed E-state index contributed by atoms with van der Waals surface area (Å²) in [6.45, 7) is 0. The predicted molar refractivity (Wildman–Crippen MR) is 77.2 cm³/mol. The fourth-order valence-electron chi connectivity index (χ4n) is 1.60. The second kappa shape index (κ2) is 4.80. The molecule has 2 aromatic rings. The van der Waals surface area contributed by atoms with E-state index < -0.39 is 0 Å². The molecule has 2 unspecified atom stereocenters. The van der Waals surface area contributed by atoms with Gasteiger partial charge >= 0.3 is 0 Å². The predicted octanol–water partition coefficient (Wildman–Crippen LogP) is 3.61. The van der Waals surface area contributed by atoms with Crippen molar-refractivity contribution in [3.8, 4) is 11.5 Å². The Morgan fingerprint density at radius 1 is 0.688 bits per heavy atom. The molecular weight excluding hydrogens is 253 g/mol. The molecule has 0 radical (unpaired) electrons. The van der Waals surface area contributed by atoms with E-state index >= 15 is 0 Å². The molecule has 2 aromatic carbocycles. The van der Waals surface area contributed by atoms with Crippen LogP contribution in [0, 0.1) is 0 Å². The van der Waals surface area contributed by atoms with Crippen molar-refractivity contribution < 1.29 is 4.74 Å². The van der Waals surface area contributed by atoms with Gasteiger partial charge < -0.3 is 4.74 Å². The van der Waals surface area contributed by atoms with Crippen molar-refractivity contribution in [2.75, 3.05) is 0 Å². The Morgan fingerprint density at radius 2 is 1.19 bits per heavy atom. The molecule has 80 valence electrons. The van der Waals surface area contributed by atoms with E-state index in [1.54, 1.807) is 0 Å². The molecule has 3 rings (SSSR count). The van der Waals surface area contributed by atoms with Gasteiger partial charge in [0, 0.05) is 10.6 Å². The van der Waals surface area contributed by atoms with Gasteiger partial charge in [-0.2, -0.15) is 0 Å². The van der Waals surface area contributed by atoms with E-state index in [2.05, 4.69) is 36.4 Å². The van der Waals surface area contributed by atoms with Gasteiger partial charge in [0.25, 0.3) is 0 Å². The Morgan fingerprint density at radius 3 is 1.75 bits per heavy atom. The third-order valence-corrected chi connectivity index (χ3v) is 8.62. The van der Waals surface area contributed by atoms with Crippen LogP contribution < -0.4 is 15.3 Å². The van der Waals surface area contributed by atoms with Gasteiger partial charge in [0.1, 0.15) is 11.5 Å². The van der Waals surface area contributed by atoms with Crippen LogP contribution in [0.25, 0.3) is 0 Å². The molecule has 0 aromatic heterocycles. The minimum absolute atomic E-state index is 0.889. The Labute approximate surface area is 100 Å². The van der Waals surface area contributed by atoms with Crippen LogP contribution in [0.1, 0.15) is 0 Å². The van der Waals surface area contributed by atoms with Gasteiger partial charge in [-0.1, -0.05) is 60.9 Å². The molecule has 16 heavy (non-hydrogen) atoms. The maximum atomic E-state index is 6.00. The zero-order valence-corrected chi connectivity index (χ0v) is 11.5. The molecule has 0 saturated carbocycles. The van der Waals surface area contributed by atoms with Crippen LogP contribution in [-0.4, -0.2) is 0 Å². The van der Waals surface area contributed by atoms with Crippen LogP contribution >= 0.6 is 24.5 Å². The van der Waals surface area contributed by atoms with Crippen molar-refractivity contribution >= 4 is 35.1 Å². The van der Waals surface area contributed by atoms with Crippen LogP contribution in [0.5, 0.6) is 11.5 Å². The lowest BCUT2D eigenvalue weighted by atomic mass is 10.3. The molecule has 0 bridgehead atoms. The third kappa shape index (κ3) is 2.14. The first-order valence-corrected chi connectivity index (χ1v) is 10.1. The first-order valence-electron chi connectivity index (χ1n) is 5.06. The Balaban J connectivity index is 2.06. The monoisotopic (exact) mass is 264 g/mol. The highest BCUT2D eigenvalue weighted by molar-refractivity contribution is 8.46. The molecule has 0 spiro atoms. The van der Waals surface area contributed by atoms with E-state index in [1.165, 1.54) is 10.6 Å². The van der Waals surface area contributed by atoms with Crippen molar-refractivity contribution in [3.63, 3.8) is 0 Å². The molecule has 4 heteroatoms. The average molecular weight is 264 g/mol. The highest BCUT2D eigenvalue weighted by atomic mass is 32.4. The van der Waals surface area contributed by atoms with Gasteiger partial charge in [0.05, 0.1) is 0 Å². The zero-order chi connectivity index (χ0) is 10.8. The lowest BCUT2D eigenvalue weighted by Crippen LogP contribution is -2.05. The van der Waals surface area contributed by atoms with Crippen LogP contribution in [0.4, 0.5) is 0 Å². The Kier molecular flexibility index (Phi) is 3.20. The number of ether oxygens (including phenoxy) is 1. The number of para-hydroxylation sites is 2. The van der Waals surface area contributed by atoms with Gasteiger partial charge in [0.15, 0.2) is 0 Å². The molecule has 0 amide bonds. The summed E-state index contributed by atoms with van der Waals surface area (Å²) < 4.78 is 6.00. The number of fused-ring (bicyclic) bond motifs is 2. The molecule has 1 heterocycles. The fourth-order valence-corrected chi connectivity index (χ4v) is 8.03.